The molecule has 8 nitrogen and oxygen atoms in total. The van der Waals surface area contributed by atoms with E-state index < -0.39 is 34.4 Å². The first-order valence-corrected chi connectivity index (χ1v) is 14.9. The summed E-state index contributed by atoms with van der Waals surface area (Å²) in [6.45, 7) is 4.91. The molecule has 0 bridgehead atoms. The molecule has 1 atom stereocenters. The van der Waals surface area contributed by atoms with Crippen molar-refractivity contribution >= 4 is 62.3 Å². The molecule has 0 aliphatic carbocycles. The Balaban J connectivity index is 2.07. The van der Waals surface area contributed by atoms with Crippen LogP contribution in [0.5, 0.6) is 5.75 Å². The highest BCUT2D eigenvalue weighted by molar-refractivity contribution is 7.92. The molecule has 0 radical (unpaired) electrons. The van der Waals surface area contributed by atoms with Gasteiger partial charge < -0.3 is 15.0 Å². The largest absolute Gasteiger partial charge is 0.495 e. The van der Waals surface area contributed by atoms with Crippen molar-refractivity contribution in [1.82, 2.24) is 10.2 Å². The predicted molar refractivity (Wildman–Crippen MR) is 159 cm³/mol. The van der Waals surface area contributed by atoms with E-state index in [0.29, 0.717) is 22.9 Å². The third kappa shape index (κ3) is 7.40. The van der Waals surface area contributed by atoms with Gasteiger partial charge in [-0.1, -0.05) is 58.6 Å². The molecule has 0 fully saturated rings. The van der Waals surface area contributed by atoms with Gasteiger partial charge in [-0.05, 0) is 68.8 Å². The van der Waals surface area contributed by atoms with Crippen LogP contribution in [-0.4, -0.2) is 51.4 Å². The summed E-state index contributed by atoms with van der Waals surface area (Å²) >= 11 is 18.6. The lowest BCUT2D eigenvalue weighted by Crippen LogP contribution is -2.51. The summed E-state index contributed by atoms with van der Waals surface area (Å²) in [5, 5.41) is 3.50. The van der Waals surface area contributed by atoms with Crippen molar-refractivity contribution in [3.8, 4) is 5.75 Å². The Morgan fingerprint density at radius 2 is 1.62 bits per heavy atom. The van der Waals surface area contributed by atoms with Crippen LogP contribution < -0.4 is 14.4 Å². The maximum atomic E-state index is 13.9. The number of methoxy groups -OCH3 is 1. The van der Waals surface area contributed by atoms with E-state index in [4.69, 9.17) is 39.5 Å². The van der Waals surface area contributed by atoms with E-state index in [9.17, 15) is 18.0 Å². The highest BCUT2D eigenvalue weighted by Crippen LogP contribution is 2.32. The van der Waals surface area contributed by atoms with Gasteiger partial charge in [0.2, 0.25) is 11.8 Å². The monoisotopic (exact) mass is 625 g/mol. The lowest BCUT2D eigenvalue weighted by Gasteiger charge is -2.32. The second-order valence-electron chi connectivity index (χ2n) is 8.98. The molecule has 12 heteroatoms. The summed E-state index contributed by atoms with van der Waals surface area (Å²) < 4.78 is 33.9. The van der Waals surface area contributed by atoms with Crippen LogP contribution in [0.15, 0.2) is 65.6 Å². The van der Waals surface area contributed by atoms with E-state index in [1.807, 2.05) is 6.92 Å². The average molecular weight is 627 g/mol. The lowest BCUT2D eigenvalue weighted by molar-refractivity contribution is -0.139. The topological polar surface area (TPSA) is 96.0 Å². The van der Waals surface area contributed by atoms with Crippen LogP contribution in [0, 0.1) is 6.92 Å². The van der Waals surface area contributed by atoms with Crippen LogP contribution in [0.2, 0.25) is 15.1 Å². The summed E-state index contributed by atoms with van der Waals surface area (Å²) in [6, 6.07) is 14.7. The summed E-state index contributed by atoms with van der Waals surface area (Å²) in [5.41, 5.74) is 1.64. The number of aryl methyl sites for hydroxylation is 1. The molecule has 0 unspecified atom stereocenters. The number of ether oxygens (including phenoxy) is 1. The Hall–Kier alpha value is -2.98. The standard InChI is InChI=1S/C28H30Cl3N3O5S/c1-5-32-28(36)19(3)33(16-20-8-12-23(29)24(30)14-20)27(35)17-34(21-9-13-26(39-4)25(31)15-21)40(37,38)22-10-6-18(2)7-11-22/h6-15,19H,5,16-17H2,1-4H3,(H,32,36)/t19-/m0/s1. The summed E-state index contributed by atoms with van der Waals surface area (Å²) in [6.07, 6.45) is 0. The number of amides is 2. The van der Waals surface area contributed by atoms with Crippen LogP contribution in [0.25, 0.3) is 0 Å². The van der Waals surface area contributed by atoms with Gasteiger partial charge >= 0.3 is 0 Å². The minimum atomic E-state index is -4.23. The number of carbonyl (C=O) groups excluding carboxylic acids is 2. The molecule has 0 aromatic heterocycles. The Morgan fingerprint density at radius 1 is 0.950 bits per heavy atom. The molecule has 0 heterocycles. The van der Waals surface area contributed by atoms with Gasteiger partial charge in [0.05, 0.1) is 32.8 Å². The number of hydrogen-bond acceptors (Lipinski definition) is 5. The van der Waals surface area contributed by atoms with Crippen LogP contribution in [0.3, 0.4) is 0 Å². The zero-order valence-corrected chi connectivity index (χ0v) is 25.5. The molecule has 0 aliphatic heterocycles. The number of nitrogens with zero attached hydrogens (tertiary/aromatic N) is 2. The van der Waals surface area contributed by atoms with Crippen molar-refractivity contribution < 1.29 is 22.7 Å². The highest BCUT2D eigenvalue weighted by atomic mass is 35.5. The maximum absolute atomic E-state index is 13.9. The van der Waals surface area contributed by atoms with Gasteiger partial charge in [0.15, 0.2) is 0 Å². The molecule has 1 N–H and O–H groups in total. The molecule has 0 spiro atoms. The van der Waals surface area contributed by atoms with E-state index in [1.165, 1.54) is 42.3 Å². The van der Waals surface area contributed by atoms with Crippen LogP contribution >= 0.6 is 34.8 Å². The highest BCUT2D eigenvalue weighted by Gasteiger charge is 2.32. The van der Waals surface area contributed by atoms with Gasteiger partial charge in [0.25, 0.3) is 10.0 Å². The first-order chi connectivity index (χ1) is 18.9. The van der Waals surface area contributed by atoms with Crippen LogP contribution in [0.4, 0.5) is 5.69 Å². The van der Waals surface area contributed by atoms with Crippen molar-refractivity contribution in [3.63, 3.8) is 0 Å². The van der Waals surface area contributed by atoms with Crippen LogP contribution in [-0.2, 0) is 26.2 Å². The molecule has 40 heavy (non-hydrogen) atoms. The number of benzene rings is 3. The molecular weight excluding hydrogens is 597 g/mol. The molecule has 3 aromatic carbocycles. The van der Waals surface area contributed by atoms with E-state index in [2.05, 4.69) is 5.32 Å². The number of likely N-dealkylation sites (N-methyl/N-ethyl adjacent to an activating group) is 1. The van der Waals surface area contributed by atoms with Crippen molar-refractivity contribution in [2.45, 2.75) is 38.3 Å². The fourth-order valence-electron chi connectivity index (χ4n) is 3.92. The van der Waals surface area contributed by atoms with Gasteiger partial charge in [-0.2, -0.15) is 0 Å². The Morgan fingerprint density at radius 3 is 2.20 bits per heavy atom. The summed E-state index contributed by atoms with van der Waals surface area (Å²) in [7, 11) is -2.79. The third-order valence-corrected chi connectivity index (χ3v) is 8.99. The van der Waals surface area contributed by atoms with Crippen molar-refractivity contribution in [3.05, 3.63) is 86.9 Å². The van der Waals surface area contributed by atoms with Crippen molar-refractivity contribution in [1.29, 1.82) is 0 Å². The van der Waals surface area contributed by atoms with Gasteiger partial charge in [0, 0.05) is 13.1 Å². The second kappa shape index (κ2) is 13.6. The van der Waals surface area contributed by atoms with Crippen molar-refractivity contribution in [2.75, 3.05) is 24.5 Å². The normalized spacial score (nSPS) is 12.0. The van der Waals surface area contributed by atoms with Gasteiger partial charge in [-0.15, -0.1) is 0 Å². The fraction of sp³-hybridized carbons (Fsp3) is 0.286. The average Bonchev–Trinajstić information content (AvgIpc) is 2.92. The van der Waals surface area contributed by atoms with Crippen LogP contribution in [0.1, 0.15) is 25.0 Å². The number of carbonyl (C=O) groups is 2. The number of halogens is 3. The quantitative estimate of drug-likeness (QED) is 0.294. The zero-order valence-electron chi connectivity index (χ0n) is 22.4. The maximum Gasteiger partial charge on any atom is 0.264 e. The molecule has 0 saturated heterocycles. The summed E-state index contributed by atoms with van der Waals surface area (Å²) in [4.78, 5) is 28.0. The van der Waals surface area contributed by atoms with Gasteiger partial charge in [-0.3, -0.25) is 13.9 Å². The summed E-state index contributed by atoms with van der Waals surface area (Å²) in [5.74, 6) is -0.667. The SMILES string of the molecule is CCNC(=O)[C@H](C)N(Cc1ccc(Cl)c(Cl)c1)C(=O)CN(c1ccc(OC)c(Cl)c1)S(=O)(=O)c1ccc(C)cc1. The molecule has 0 aliphatic rings. The first-order valence-electron chi connectivity index (χ1n) is 12.3. The number of nitrogens with one attached hydrogen (secondary N) is 1. The van der Waals surface area contributed by atoms with Gasteiger partial charge in [-0.25, -0.2) is 8.42 Å². The predicted octanol–water partition coefficient (Wildman–Crippen LogP) is 5.71. The number of rotatable bonds is 11. The first kappa shape index (κ1) is 31.5. The number of anilines is 1. The number of hydrogen-bond donors (Lipinski definition) is 1. The Labute approximate surface area is 249 Å². The minimum absolute atomic E-state index is 0.00866. The molecule has 0 saturated carbocycles. The van der Waals surface area contributed by atoms with Crippen molar-refractivity contribution in [2.24, 2.45) is 0 Å². The molecule has 3 aromatic rings. The van der Waals surface area contributed by atoms with E-state index in [-0.39, 0.29) is 27.2 Å². The second-order valence-corrected chi connectivity index (χ2v) is 12.1. The zero-order chi connectivity index (χ0) is 29.6. The Bertz CT molecular complexity index is 1480. The molecule has 2 amide bonds. The van der Waals surface area contributed by atoms with Gasteiger partial charge in [0.1, 0.15) is 18.3 Å². The fourth-order valence-corrected chi connectivity index (χ4v) is 5.89. The van der Waals surface area contributed by atoms with E-state index in [0.717, 1.165) is 9.87 Å². The minimum Gasteiger partial charge on any atom is -0.495 e. The third-order valence-electron chi connectivity index (χ3n) is 6.17. The molecular formula is C28H30Cl3N3O5S. The van der Waals surface area contributed by atoms with E-state index >= 15 is 0 Å². The lowest BCUT2D eigenvalue weighted by atomic mass is 10.1. The molecule has 3 rings (SSSR count). The number of sulfonamides is 1. The smallest absolute Gasteiger partial charge is 0.264 e. The Kier molecular flexibility index (Phi) is 10.7. The molecule has 214 valence electrons. The van der Waals surface area contributed by atoms with E-state index in [1.54, 1.807) is 44.2 Å².